The van der Waals surface area contributed by atoms with Crippen molar-refractivity contribution in [3.8, 4) is 0 Å². The van der Waals surface area contributed by atoms with Crippen LogP contribution in [0.25, 0.3) is 0 Å². The van der Waals surface area contributed by atoms with E-state index >= 15 is 0 Å². The number of nitro groups is 1. The maximum Gasteiger partial charge on any atom is 0.305 e. The Morgan fingerprint density at radius 2 is 2.14 bits per heavy atom. The van der Waals surface area contributed by atoms with Crippen LogP contribution >= 0.6 is 0 Å². The fourth-order valence-electron chi connectivity index (χ4n) is 1.91. The van der Waals surface area contributed by atoms with Crippen LogP contribution in [0.2, 0.25) is 0 Å². The van der Waals surface area contributed by atoms with E-state index in [4.69, 9.17) is 0 Å². The molecule has 2 N–H and O–H groups in total. The molecule has 1 aromatic carbocycles. The Hall–Kier alpha value is -2.96. The van der Waals surface area contributed by atoms with E-state index in [1.165, 1.54) is 6.07 Å². The fraction of sp³-hybridized carbons (Fsp3) is 0.143. The molecule has 7 heteroatoms. The van der Waals surface area contributed by atoms with Crippen molar-refractivity contribution >= 4 is 17.3 Å². The number of carbonyl (C=O) groups is 1. The molecule has 2 aromatic rings. The Morgan fingerprint density at radius 1 is 1.33 bits per heavy atom. The number of benzene rings is 1. The quantitative estimate of drug-likeness (QED) is 0.647. The van der Waals surface area contributed by atoms with Gasteiger partial charge in [0.15, 0.2) is 0 Å². The van der Waals surface area contributed by atoms with Gasteiger partial charge in [-0.05, 0) is 23.8 Å². The number of nitro benzene ring substituents is 1. The number of hydrogen-bond donors (Lipinski definition) is 2. The minimum Gasteiger partial charge on any atom is -0.383 e. The number of carbonyl (C=O) groups excluding carboxylic acids is 1. The molecular weight excluding hydrogens is 272 g/mol. The molecule has 0 aliphatic heterocycles. The Morgan fingerprint density at radius 3 is 2.76 bits per heavy atom. The van der Waals surface area contributed by atoms with Gasteiger partial charge in [0.25, 0.3) is 5.91 Å². The summed E-state index contributed by atoms with van der Waals surface area (Å²) in [5.41, 5.74) is 0.909. The predicted molar refractivity (Wildman–Crippen MR) is 78.1 cm³/mol. The highest BCUT2D eigenvalue weighted by Crippen LogP contribution is 2.28. The monoisotopic (exact) mass is 286 g/mol. The molecule has 0 saturated heterocycles. The standard InChI is InChI=1S/C14H14N4O3/c1-15-12-6-2-5-11(13(12)18(20)21)14(19)17-9-10-4-3-7-16-8-10/h2-8,15H,9H2,1H3,(H,17,19). The van der Waals surface area contributed by atoms with Gasteiger partial charge < -0.3 is 10.6 Å². The van der Waals surface area contributed by atoms with Crippen LogP contribution in [0, 0.1) is 10.1 Å². The molecule has 0 spiro atoms. The second-order valence-electron chi connectivity index (χ2n) is 4.25. The highest BCUT2D eigenvalue weighted by molar-refractivity contribution is 6.00. The van der Waals surface area contributed by atoms with Crippen LogP contribution in [0.1, 0.15) is 15.9 Å². The van der Waals surface area contributed by atoms with Crippen LogP contribution in [0.4, 0.5) is 11.4 Å². The van der Waals surface area contributed by atoms with E-state index in [0.29, 0.717) is 5.69 Å². The predicted octanol–water partition coefficient (Wildman–Crippen LogP) is 1.96. The normalized spacial score (nSPS) is 9.95. The number of para-hydroxylation sites is 1. The van der Waals surface area contributed by atoms with E-state index < -0.39 is 10.8 Å². The van der Waals surface area contributed by atoms with Crippen LogP contribution in [0.5, 0.6) is 0 Å². The second kappa shape index (κ2) is 6.47. The van der Waals surface area contributed by atoms with E-state index in [2.05, 4.69) is 15.6 Å². The lowest BCUT2D eigenvalue weighted by atomic mass is 10.1. The SMILES string of the molecule is CNc1cccc(C(=O)NCc2cccnc2)c1[N+](=O)[O-]. The summed E-state index contributed by atoms with van der Waals surface area (Å²) in [5.74, 6) is -0.498. The number of pyridine rings is 1. The molecule has 1 aromatic heterocycles. The number of hydrogen-bond acceptors (Lipinski definition) is 5. The van der Waals surface area contributed by atoms with Crippen molar-refractivity contribution in [2.24, 2.45) is 0 Å². The summed E-state index contributed by atoms with van der Waals surface area (Å²) in [7, 11) is 1.57. The largest absolute Gasteiger partial charge is 0.383 e. The van der Waals surface area contributed by atoms with E-state index in [9.17, 15) is 14.9 Å². The molecule has 0 fully saturated rings. The van der Waals surface area contributed by atoms with Gasteiger partial charge in [-0.1, -0.05) is 12.1 Å². The van der Waals surface area contributed by atoms with E-state index in [0.717, 1.165) is 5.56 Å². The van der Waals surface area contributed by atoms with Gasteiger partial charge in [-0.3, -0.25) is 19.9 Å². The maximum absolute atomic E-state index is 12.1. The van der Waals surface area contributed by atoms with Crippen LogP contribution in [-0.4, -0.2) is 22.9 Å². The van der Waals surface area contributed by atoms with Crippen molar-refractivity contribution in [2.75, 3.05) is 12.4 Å². The van der Waals surface area contributed by atoms with Crippen molar-refractivity contribution in [3.63, 3.8) is 0 Å². The third-order valence-corrected chi connectivity index (χ3v) is 2.91. The molecule has 0 unspecified atom stereocenters. The number of anilines is 1. The van der Waals surface area contributed by atoms with Crippen LogP contribution in [0.3, 0.4) is 0 Å². The zero-order valence-corrected chi connectivity index (χ0v) is 11.4. The number of aromatic nitrogens is 1. The van der Waals surface area contributed by atoms with Crippen LogP contribution in [-0.2, 0) is 6.54 Å². The first-order chi connectivity index (χ1) is 10.1. The lowest BCUT2D eigenvalue weighted by Crippen LogP contribution is -2.24. The van der Waals surface area contributed by atoms with Gasteiger partial charge in [0.05, 0.1) is 4.92 Å². The molecule has 1 amide bonds. The van der Waals surface area contributed by atoms with E-state index in [1.807, 2.05) is 6.07 Å². The lowest BCUT2D eigenvalue weighted by Gasteiger charge is -2.08. The van der Waals surface area contributed by atoms with Gasteiger partial charge >= 0.3 is 5.69 Å². The average molecular weight is 286 g/mol. The van der Waals surface area contributed by atoms with Gasteiger partial charge in [0.1, 0.15) is 11.3 Å². The summed E-state index contributed by atoms with van der Waals surface area (Å²) in [6, 6.07) is 8.14. The third-order valence-electron chi connectivity index (χ3n) is 2.91. The zero-order valence-electron chi connectivity index (χ0n) is 11.4. The van der Waals surface area contributed by atoms with Gasteiger partial charge in [0, 0.05) is 26.0 Å². The highest BCUT2D eigenvalue weighted by Gasteiger charge is 2.23. The molecule has 7 nitrogen and oxygen atoms in total. The molecule has 0 bridgehead atoms. The minimum atomic E-state index is -0.565. The van der Waals surface area contributed by atoms with Crippen LogP contribution < -0.4 is 10.6 Å². The number of nitrogens with zero attached hydrogens (tertiary/aromatic N) is 2. The molecule has 0 radical (unpaired) electrons. The molecule has 21 heavy (non-hydrogen) atoms. The number of rotatable bonds is 5. The summed E-state index contributed by atoms with van der Waals surface area (Å²) in [5, 5.41) is 16.5. The molecule has 0 atom stereocenters. The van der Waals surface area contributed by atoms with E-state index in [-0.39, 0.29) is 17.8 Å². The first kappa shape index (κ1) is 14.4. The molecule has 0 aliphatic carbocycles. The van der Waals surface area contributed by atoms with Crippen LogP contribution in [0.15, 0.2) is 42.7 Å². The number of nitrogens with one attached hydrogen (secondary N) is 2. The smallest absolute Gasteiger partial charge is 0.305 e. The Kier molecular flexibility index (Phi) is 4.45. The fourth-order valence-corrected chi connectivity index (χ4v) is 1.91. The molecular formula is C14H14N4O3. The first-order valence-electron chi connectivity index (χ1n) is 6.25. The highest BCUT2D eigenvalue weighted by atomic mass is 16.6. The summed E-state index contributed by atoms with van der Waals surface area (Å²) >= 11 is 0. The summed E-state index contributed by atoms with van der Waals surface area (Å²) in [6.45, 7) is 0.258. The topological polar surface area (TPSA) is 97.2 Å². The Balaban J connectivity index is 2.21. The zero-order chi connectivity index (χ0) is 15.2. The van der Waals surface area contributed by atoms with Gasteiger partial charge in [-0.2, -0.15) is 0 Å². The van der Waals surface area contributed by atoms with Crippen molar-refractivity contribution in [2.45, 2.75) is 6.54 Å². The van der Waals surface area contributed by atoms with Crippen molar-refractivity contribution in [1.29, 1.82) is 0 Å². The van der Waals surface area contributed by atoms with Crippen molar-refractivity contribution < 1.29 is 9.72 Å². The molecule has 108 valence electrons. The average Bonchev–Trinajstić information content (AvgIpc) is 2.52. The van der Waals surface area contributed by atoms with E-state index in [1.54, 1.807) is 37.6 Å². The molecule has 0 aliphatic rings. The van der Waals surface area contributed by atoms with Crippen molar-refractivity contribution in [1.82, 2.24) is 10.3 Å². The Bertz CT molecular complexity index is 659. The molecule has 0 saturated carbocycles. The summed E-state index contributed by atoms with van der Waals surface area (Å²) in [4.78, 5) is 26.7. The molecule has 2 rings (SSSR count). The third kappa shape index (κ3) is 3.33. The lowest BCUT2D eigenvalue weighted by molar-refractivity contribution is -0.384. The van der Waals surface area contributed by atoms with Crippen molar-refractivity contribution in [3.05, 3.63) is 64.0 Å². The summed E-state index contributed by atoms with van der Waals surface area (Å²) in [6.07, 6.45) is 3.26. The van der Waals surface area contributed by atoms with Gasteiger partial charge in [0.2, 0.25) is 0 Å². The Labute approximate surface area is 121 Å². The number of amides is 1. The summed E-state index contributed by atoms with van der Waals surface area (Å²) < 4.78 is 0. The maximum atomic E-state index is 12.1. The first-order valence-corrected chi connectivity index (χ1v) is 6.25. The molecule has 1 heterocycles. The van der Waals surface area contributed by atoms with Gasteiger partial charge in [-0.25, -0.2) is 0 Å². The minimum absolute atomic E-state index is 0.0238. The second-order valence-corrected chi connectivity index (χ2v) is 4.25. The van der Waals surface area contributed by atoms with Gasteiger partial charge in [-0.15, -0.1) is 0 Å².